The van der Waals surface area contributed by atoms with E-state index in [2.05, 4.69) is 5.32 Å². The lowest BCUT2D eigenvalue weighted by molar-refractivity contribution is -0.135. The molecule has 0 aromatic rings. The predicted molar refractivity (Wildman–Crippen MR) is 49.3 cm³/mol. The number of nitrogens with zero attached hydrogens (tertiary/aromatic N) is 1. The third kappa shape index (κ3) is 2.06. The van der Waals surface area contributed by atoms with E-state index in [1.807, 2.05) is 18.7 Å². The molecule has 0 aliphatic carbocycles. The van der Waals surface area contributed by atoms with Crippen molar-refractivity contribution in [3.05, 3.63) is 0 Å². The van der Waals surface area contributed by atoms with Crippen LogP contribution in [0.3, 0.4) is 0 Å². The number of amides is 1. The van der Waals surface area contributed by atoms with Crippen LogP contribution in [0.2, 0.25) is 0 Å². The Balaban J connectivity index is 2.60. The molecule has 0 spiro atoms. The first-order valence-electron chi connectivity index (χ1n) is 4.56. The number of rotatable bonds is 3. The van der Waals surface area contributed by atoms with Crippen LogP contribution in [-0.4, -0.2) is 42.3 Å². The highest BCUT2D eigenvalue weighted by Crippen LogP contribution is 2.17. The Morgan fingerprint density at radius 3 is 2.92 bits per heavy atom. The number of carbonyl (C=O) groups excluding carboxylic acids is 2. The van der Waals surface area contributed by atoms with Gasteiger partial charge in [-0.2, -0.15) is 0 Å². The Labute approximate surface area is 78.3 Å². The molecular weight excluding hydrogens is 168 g/mol. The maximum atomic E-state index is 11.4. The Morgan fingerprint density at radius 1 is 1.62 bits per heavy atom. The molecule has 0 aromatic carbocycles. The van der Waals surface area contributed by atoms with Gasteiger partial charge in [0.2, 0.25) is 5.91 Å². The van der Waals surface area contributed by atoms with E-state index in [9.17, 15) is 9.59 Å². The normalized spacial score (nSPS) is 22.5. The maximum absolute atomic E-state index is 11.4. The molecule has 1 fully saturated rings. The summed E-state index contributed by atoms with van der Waals surface area (Å²) < 4.78 is 0. The van der Waals surface area contributed by atoms with Gasteiger partial charge in [0.15, 0.2) is 0 Å². The standard InChI is InChI=1S/C9H16N2O2/c1-9(2)8(13)10-4-6-11(9)5-3-7-12/h7H,3-6H2,1-2H3,(H,10,13). The van der Waals surface area contributed by atoms with Crippen molar-refractivity contribution in [2.75, 3.05) is 19.6 Å². The number of carbonyl (C=O) groups is 2. The fourth-order valence-corrected chi connectivity index (χ4v) is 1.54. The minimum absolute atomic E-state index is 0.0460. The highest BCUT2D eigenvalue weighted by atomic mass is 16.2. The fourth-order valence-electron chi connectivity index (χ4n) is 1.54. The topological polar surface area (TPSA) is 49.4 Å². The van der Waals surface area contributed by atoms with Crippen molar-refractivity contribution in [3.63, 3.8) is 0 Å². The van der Waals surface area contributed by atoms with Crippen molar-refractivity contribution in [1.29, 1.82) is 0 Å². The molecule has 0 radical (unpaired) electrons. The Morgan fingerprint density at radius 2 is 2.31 bits per heavy atom. The second-order valence-electron chi connectivity index (χ2n) is 3.76. The van der Waals surface area contributed by atoms with E-state index in [1.54, 1.807) is 0 Å². The largest absolute Gasteiger partial charge is 0.353 e. The molecule has 4 heteroatoms. The highest BCUT2D eigenvalue weighted by molar-refractivity contribution is 5.86. The van der Waals surface area contributed by atoms with Crippen LogP contribution in [0.25, 0.3) is 0 Å². The molecule has 0 bridgehead atoms. The fraction of sp³-hybridized carbons (Fsp3) is 0.778. The molecule has 1 aliphatic heterocycles. The number of aldehydes is 1. The van der Waals surface area contributed by atoms with Crippen molar-refractivity contribution < 1.29 is 9.59 Å². The lowest BCUT2D eigenvalue weighted by Crippen LogP contribution is -2.61. The molecular formula is C9H16N2O2. The average molecular weight is 184 g/mol. The molecule has 74 valence electrons. The van der Waals surface area contributed by atoms with Crippen LogP contribution < -0.4 is 5.32 Å². The SMILES string of the molecule is CC1(C)C(=O)NCCN1CCC=O. The number of nitrogens with one attached hydrogen (secondary N) is 1. The Bertz CT molecular complexity index is 214. The van der Waals surface area contributed by atoms with Gasteiger partial charge in [-0.05, 0) is 13.8 Å². The summed E-state index contributed by atoms with van der Waals surface area (Å²) in [6.07, 6.45) is 1.39. The van der Waals surface area contributed by atoms with Gasteiger partial charge >= 0.3 is 0 Å². The van der Waals surface area contributed by atoms with Crippen molar-refractivity contribution >= 4 is 12.2 Å². The first-order chi connectivity index (χ1) is 6.09. The molecule has 0 unspecified atom stereocenters. The maximum Gasteiger partial charge on any atom is 0.239 e. The lowest BCUT2D eigenvalue weighted by atomic mass is 9.99. The van der Waals surface area contributed by atoms with Crippen molar-refractivity contribution in [1.82, 2.24) is 10.2 Å². The summed E-state index contributed by atoms with van der Waals surface area (Å²) in [5.41, 5.74) is -0.471. The van der Waals surface area contributed by atoms with Gasteiger partial charge < -0.3 is 10.1 Å². The Hall–Kier alpha value is -0.900. The zero-order valence-electron chi connectivity index (χ0n) is 8.17. The van der Waals surface area contributed by atoms with Crippen LogP contribution in [-0.2, 0) is 9.59 Å². The molecule has 13 heavy (non-hydrogen) atoms. The number of hydrogen-bond donors (Lipinski definition) is 1. The van der Waals surface area contributed by atoms with Gasteiger partial charge in [-0.15, -0.1) is 0 Å². The summed E-state index contributed by atoms with van der Waals surface area (Å²) in [5.74, 6) is 0.0460. The summed E-state index contributed by atoms with van der Waals surface area (Å²) in [5, 5.41) is 2.81. The molecule has 0 saturated carbocycles. The van der Waals surface area contributed by atoms with Crippen LogP contribution in [0.15, 0.2) is 0 Å². The third-order valence-corrected chi connectivity index (χ3v) is 2.53. The molecule has 1 saturated heterocycles. The van der Waals surface area contributed by atoms with Gasteiger partial charge in [-0.25, -0.2) is 0 Å². The summed E-state index contributed by atoms with van der Waals surface area (Å²) >= 11 is 0. The molecule has 0 aromatic heterocycles. The van der Waals surface area contributed by atoms with Crippen LogP contribution in [0, 0.1) is 0 Å². The van der Waals surface area contributed by atoms with Gasteiger partial charge in [0.25, 0.3) is 0 Å². The van der Waals surface area contributed by atoms with Crippen molar-refractivity contribution in [2.24, 2.45) is 0 Å². The van der Waals surface area contributed by atoms with E-state index in [1.165, 1.54) is 0 Å². The van der Waals surface area contributed by atoms with Crippen LogP contribution >= 0.6 is 0 Å². The van der Waals surface area contributed by atoms with Gasteiger partial charge in [0.1, 0.15) is 6.29 Å². The molecule has 1 rings (SSSR count). The van der Waals surface area contributed by atoms with Crippen molar-refractivity contribution in [2.45, 2.75) is 25.8 Å². The summed E-state index contributed by atoms with van der Waals surface area (Å²) in [6, 6.07) is 0. The van der Waals surface area contributed by atoms with E-state index in [4.69, 9.17) is 0 Å². The first-order valence-corrected chi connectivity index (χ1v) is 4.56. The van der Waals surface area contributed by atoms with E-state index < -0.39 is 5.54 Å². The summed E-state index contributed by atoms with van der Waals surface area (Å²) in [4.78, 5) is 23.7. The Kier molecular flexibility index (Phi) is 3.03. The minimum Gasteiger partial charge on any atom is -0.353 e. The quantitative estimate of drug-likeness (QED) is 0.617. The molecule has 1 heterocycles. The third-order valence-electron chi connectivity index (χ3n) is 2.53. The van der Waals surface area contributed by atoms with E-state index in [0.29, 0.717) is 19.5 Å². The lowest BCUT2D eigenvalue weighted by Gasteiger charge is -2.40. The first kappa shape index (κ1) is 10.2. The van der Waals surface area contributed by atoms with E-state index in [-0.39, 0.29) is 5.91 Å². The number of piperazine rings is 1. The van der Waals surface area contributed by atoms with Crippen LogP contribution in [0.5, 0.6) is 0 Å². The second kappa shape index (κ2) is 3.87. The van der Waals surface area contributed by atoms with Crippen LogP contribution in [0.1, 0.15) is 20.3 Å². The monoisotopic (exact) mass is 184 g/mol. The molecule has 4 nitrogen and oxygen atoms in total. The highest BCUT2D eigenvalue weighted by Gasteiger charge is 2.36. The summed E-state index contributed by atoms with van der Waals surface area (Å²) in [7, 11) is 0. The molecule has 1 aliphatic rings. The average Bonchev–Trinajstić information content (AvgIpc) is 2.08. The smallest absolute Gasteiger partial charge is 0.239 e. The second-order valence-corrected chi connectivity index (χ2v) is 3.76. The minimum atomic E-state index is -0.471. The van der Waals surface area contributed by atoms with Gasteiger partial charge in [-0.1, -0.05) is 0 Å². The molecule has 1 N–H and O–H groups in total. The van der Waals surface area contributed by atoms with Gasteiger partial charge in [-0.3, -0.25) is 9.69 Å². The molecule has 1 amide bonds. The van der Waals surface area contributed by atoms with Crippen LogP contribution in [0.4, 0.5) is 0 Å². The zero-order chi connectivity index (χ0) is 9.90. The van der Waals surface area contributed by atoms with Gasteiger partial charge in [0, 0.05) is 26.1 Å². The van der Waals surface area contributed by atoms with Crippen molar-refractivity contribution in [3.8, 4) is 0 Å². The van der Waals surface area contributed by atoms with E-state index in [0.717, 1.165) is 12.8 Å². The predicted octanol–water partition coefficient (Wildman–Crippen LogP) is -0.214. The number of hydrogen-bond acceptors (Lipinski definition) is 3. The molecule has 0 atom stereocenters. The summed E-state index contributed by atoms with van der Waals surface area (Å²) in [6.45, 7) is 5.94. The van der Waals surface area contributed by atoms with E-state index >= 15 is 0 Å². The zero-order valence-corrected chi connectivity index (χ0v) is 8.17. The van der Waals surface area contributed by atoms with Gasteiger partial charge in [0.05, 0.1) is 5.54 Å².